The number of nitrogens with zero attached hydrogens (tertiary/aromatic N) is 4. The highest BCUT2D eigenvalue weighted by molar-refractivity contribution is 6.31. The standard InChI is InChI=1S/C35H49ClN8O9.C30H41ClN8O7/c1-35(2,3)53-34(49)42-27(17-11-19-39-32(38)43-44(50)51)29(45)21-25(20-23-12-5-4-6-13-23)31(47)41-28(30(37)46)16-9-10-18-40-33(48)52-22-24-14-7-8-15-26(24)36;31-23-12-5-4-11-21(23)19-46-30(43)36-15-7-6-14-25(27(33)41)37-28(42)22(17-20-9-2-1-3-10-20)18-26(40)24(32)13-8-16-35-29(34)38-39(44)45/h4-8,12-15,25,27-28H,9-11,16-22H2,1-3H3,(H2,37,46)(H,40,48)(H,41,47)(H,42,49)(H3,38,39,43);1-5,9-12,22,24-25H,6-8,13-19,32H2,(H2,33,41)(H,36,43)(H,37,42)(H3,34,35,38)/t25-,27-,28+;22-,24-,25+/m11/s1. The highest BCUT2D eigenvalue weighted by Crippen LogP contribution is 2.21. The zero-order valence-electron chi connectivity index (χ0n) is 55.5. The molecule has 540 valence electrons. The van der Waals surface area contributed by atoms with E-state index in [1.54, 1.807) is 99.6 Å². The first-order valence-corrected chi connectivity index (χ1v) is 32.6. The molecule has 0 spiro atoms. The van der Waals surface area contributed by atoms with Crippen LogP contribution < -0.4 is 65.9 Å². The lowest BCUT2D eigenvalue weighted by molar-refractivity contribution is -0.485. The van der Waals surface area contributed by atoms with E-state index in [9.17, 15) is 63.4 Å². The van der Waals surface area contributed by atoms with Crippen LogP contribution in [0.2, 0.25) is 10.0 Å². The zero-order chi connectivity index (χ0) is 73.3. The summed E-state index contributed by atoms with van der Waals surface area (Å²) in [5, 5.41) is 44.2. The Morgan fingerprint density at radius 1 is 0.485 bits per heavy atom. The van der Waals surface area contributed by atoms with E-state index in [0.29, 0.717) is 53.3 Å². The summed E-state index contributed by atoms with van der Waals surface area (Å²) in [6.45, 7) is 5.81. The Bertz CT molecular complexity index is 3350. The van der Waals surface area contributed by atoms with Crippen molar-refractivity contribution >= 4 is 88.6 Å². The molecule has 0 radical (unpaired) electrons. The normalized spacial score (nSPS) is 13.1. The number of rotatable bonds is 41. The van der Waals surface area contributed by atoms with Gasteiger partial charge >= 0.3 is 18.3 Å². The minimum Gasteiger partial charge on any atom is -0.445 e. The first kappa shape index (κ1) is 83.0. The van der Waals surface area contributed by atoms with Crippen LogP contribution in [0, 0.1) is 32.1 Å². The number of ketones is 2. The van der Waals surface area contributed by atoms with Gasteiger partial charge in [0.1, 0.15) is 46.9 Å². The van der Waals surface area contributed by atoms with Gasteiger partial charge in [0, 0.05) is 72.0 Å². The number of hydrogen-bond donors (Lipinski definition) is 12. The van der Waals surface area contributed by atoms with Gasteiger partial charge in [0.2, 0.25) is 23.6 Å². The second-order valence-electron chi connectivity index (χ2n) is 23.6. The van der Waals surface area contributed by atoms with Crippen LogP contribution in [0.15, 0.2) is 119 Å². The van der Waals surface area contributed by atoms with Crippen LogP contribution in [0.4, 0.5) is 14.4 Å². The summed E-state index contributed by atoms with van der Waals surface area (Å²) in [7, 11) is 0. The van der Waals surface area contributed by atoms with Gasteiger partial charge < -0.3 is 80.1 Å². The second-order valence-corrected chi connectivity index (χ2v) is 24.4. The number of ether oxygens (including phenoxy) is 3. The molecule has 32 nitrogen and oxygen atoms in total. The molecular weight excluding hydrogens is 1330 g/mol. The van der Waals surface area contributed by atoms with Crippen LogP contribution in [-0.2, 0) is 69.0 Å². The number of carbonyl (C=O) groups is 9. The van der Waals surface area contributed by atoms with Gasteiger partial charge in [-0.2, -0.15) is 0 Å². The van der Waals surface area contributed by atoms with E-state index in [1.807, 2.05) is 30.3 Å². The Morgan fingerprint density at radius 2 is 0.859 bits per heavy atom. The fraction of sp³-hybridized carbons (Fsp3) is 0.462. The van der Waals surface area contributed by atoms with Crippen molar-refractivity contribution in [2.75, 3.05) is 26.2 Å². The van der Waals surface area contributed by atoms with E-state index in [2.05, 4.69) is 47.4 Å². The van der Waals surface area contributed by atoms with Gasteiger partial charge in [0.25, 0.3) is 11.9 Å². The van der Waals surface area contributed by atoms with Crippen molar-refractivity contribution < 1.29 is 67.4 Å². The van der Waals surface area contributed by atoms with Gasteiger partial charge in [-0.25, -0.2) is 34.6 Å². The quantitative estimate of drug-likeness (QED) is 0.00693. The predicted molar refractivity (Wildman–Crippen MR) is 369 cm³/mol. The van der Waals surface area contributed by atoms with E-state index < -0.39 is 105 Å². The van der Waals surface area contributed by atoms with Gasteiger partial charge in [-0.05, 0) is 121 Å². The Hall–Kier alpha value is -10.2. The lowest BCUT2D eigenvalue weighted by atomic mass is 9.90. The Balaban J connectivity index is 0.000000520. The van der Waals surface area contributed by atoms with Crippen LogP contribution in [0.25, 0.3) is 0 Å². The third kappa shape index (κ3) is 36.6. The number of hydrazone groups is 2. The fourth-order valence-corrected chi connectivity index (χ4v) is 9.80. The Labute approximate surface area is 583 Å². The summed E-state index contributed by atoms with van der Waals surface area (Å²) < 4.78 is 15.7. The van der Waals surface area contributed by atoms with Gasteiger partial charge in [0.15, 0.2) is 15.8 Å². The van der Waals surface area contributed by atoms with Crippen molar-refractivity contribution in [3.63, 3.8) is 0 Å². The van der Waals surface area contributed by atoms with Gasteiger partial charge in [0.05, 0.1) is 12.1 Å². The predicted octanol–water partition coefficient (Wildman–Crippen LogP) is 5.02. The molecule has 4 aromatic carbocycles. The average molecular weight is 1420 g/mol. The number of carbonyl (C=O) groups excluding carboxylic acids is 9. The number of nitrogens with one attached hydrogen (secondary N) is 7. The monoisotopic (exact) mass is 1420 g/mol. The number of guanidine groups is 2. The number of amides is 7. The van der Waals surface area contributed by atoms with Crippen LogP contribution >= 0.6 is 23.2 Å². The Morgan fingerprint density at radius 3 is 1.25 bits per heavy atom. The van der Waals surface area contributed by atoms with E-state index in [4.69, 9.17) is 66.1 Å². The minimum atomic E-state index is -1.10. The van der Waals surface area contributed by atoms with E-state index in [-0.39, 0.29) is 109 Å². The van der Waals surface area contributed by atoms with Crippen molar-refractivity contribution in [1.29, 1.82) is 0 Å². The van der Waals surface area contributed by atoms with Gasteiger partial charge in [-0.15, -0.1) is 0 Å². The van der Waals surface area contributed by atoms with Crippen LogP contribution in [0.1, 0.15) is 120 Å². The molecule has 4 aromatic rings. The maximum atomic E-state index is 13.7. The number of alkyl carbamates (subject to hydrolysis) is 3. The lowest BCUT2D eigenvalue weighted by Gasteiger charge is -2.25. The zero-order valence-corrected chi connectivity index (χ0v) is 57.0. The molecule has 99 heavy (non-hydrogen) atoms. The van der Waals surface area contributed by atoms with Crippen molar-refractivity contribution in [3.05, 3.63) is 162 Å². The maximum Gasteiger partial charge on any atom is 0.408 e. The summed E-state index contributed by atoms with van der Waals surface area (Å²) in [5.41, 5.74) is 30.2. The third-order valence-corrected chi connectivity index (χ3v) is 15.2. The number of nitrogens with two attached hydrogens (primary N) is 5. The number of nitro groups is 2. The molecule has 0 aliphatic heterocycles. The summed E-state index contributed by atoms with van der Waals surface area (Å²) in [5.74, 6) is -6.01. The molecule has 0 saturated heterocycles. The van der Waals surface area contributed by atoms with Gasteiger partial charge in [-0.3, -0.25) is 28.8 Å². The molecule has 0 saturated carbocycles. The molecule has 6 atom stereocenters. The van der Waals surface area contributed by atoms with Gasteiger partial charge in [-0.1, -0.05) is 120 Å². The lowest BCUT2D eigenvalue weighted by Crippen LogP contribution is -2.49. The van der Waals surface area contributed by atoms with E-state index in [0.717, 1.165) is 11.1 Å². The number of unbranched alkanes of at least 4 members (excludes halogenated alkanes) is 2. The molecule has 7 amide bonds. The molecule has 0 unspecified atom stereocenters. The van der Waals surface area contributed by atoms with Crippen LogP contribution in [0.5, 0.6) is 0 Å². The number of benzene rings is 4. The molecule has 4 rings (SSSR count). The smallest absolute Gasteiger partial charge is 0.408 e. The summed E-state index contributed by atoms with van der Waals surface area (Å²) in [4.78, 5) is 136. The topological polar surface area (TPSA) is 507 Å². The molecule has 17 N–H and O–H groups in total. The SMILES string of the molecule is CC(C)(C)OC(=O)N[C@H](CCCN/C(N)=N\[N+](=O)[O-])C(=O)C[C@@H](Cc1ccccc1)C(=O)N[C@@H](CCCCNC(=O)OCc1ccccc1Cl)C(N)=O.NC(=O)[C@H](CCCCNC(=O)OCc1ccccc1Cl)NC(=O)[C@@H](CC(=O)[C@H](N)CCCN/C(N)=N\[N+](=O)[O-])Cc1ccccc1. The van der Waals surface area contributed by atoms with Crippen molar-refractivity contribution in [2.45, 2.75) is 154 Å². The highest BCUT2D eigenvalue weighted by Gasteiger charge is 2.32. The number of hydrogen-bond acceptors (Lipinski definition) is 17. The summed E-state index contributed by atoms with van der Waals surface area (Å²) in [6, 6.07) is 28.0. The van der Waals surface area contributed by atoms with Crippen molar-refractivity contribution in [3.8, 4) is 0 Å². The molecular formula is C65H90Cl2N16O16. The molecule has 0 aromatic heterocycles. The van der Waals surface area contributed by atoms with E-state index >= 15 is 0 Å². The summed E-state index contributed by atoms with van der Waals surface area (Å²) >= 11 is 12.1. The van der Waals surface area contributed by atoms with Crippen LogP contribution in [-0.4, -0.2) is 131 Å². The largest absolute Gasteiger partial charge is 0.445 e. The maximum absolute atomic E-state index is 13.7. The van der Waals surface area contributed by atoms with Crippen molar-refractivity contribution in [2.24, 2.45) is 50.7 Å². The first-order chi connectivity index (χ1) is 47.0. The molecule has 0 bridgehead atoms. The number of halogens is 2. The molecule has 34 heteroatoms. The highest BCUT2D eigenvalue weighted by atomic mass is 35.5. The Kier molecular flexibility index (Phi) is 38.0. The molecule has 0 aliphatic rings. The second kappa shape index (κ2) is 45.3. The van der Waals surface area contributed by atoms with E-state index in [1.165, 1.54) is 0 Å². The fourth-order valence-electron chi connectivity index (χ4n) is 9.42. The van der Waals surface area contributed by atoms with Crippen molar-refractivity contribution in [1.82, 2.24) is 37.2 Å². The first-order valence-electron chi connectivity index (χ1n) is 31.8. The third-order valence-electron chi connectivity index (χ3n) is 14.5. The molecule has 0 fully saturated rings. The molecule has 0 heterocycles. The summed E-state index contributed by atoms with van der Waals surface area (Å²) in [6.07, 6.45) is 0.875. The number of primary amides is 2. The van der Waals surface area contributed by atoms with Crippen LogP contribution in [0.3, 0.4) is 0 Å². The minimum absolute atomic E-state index is 0.000601. The number of Topliss-reactive ketones (excluding diaryl/α,β-unsaturated/α-hetero) is 2. The molecule has 0 aliphatic carbocycles. The average Bonchev–Trinajstić information content (AvgIpc) is 0.891.